The van der Waals surface area contributed by atoms with Crippen LogP contribution in [0, 0.1) is 0 Å². The zero-order valence-electron chi connectivity index (χ0n) is 15.1. The van der Waals surface area contributed by atoms with Crippen LogP contribution >= 0.6 is 11.6 Å². The molecule has 0 aliphatic rings. The number of carbonyl (C=O) groups is 2. The first-order chi connectivity index (χ1) is 12.0. The Morgan fingerprint density at radius 3 is 2.28 bits per heavy atom. The van der Waals surface area contributed by atoms with Crippen LogP contribution in [-0.4, -0.2) is 57.1 Å². The number of anilines is 1. The van der Waals surface area contributed by atoms with Crippen LogP contribution in [0.4, 0.5) is 5.69 Å². The zero-order chi connectivity index (χ0) is 18.8. The fourth-order valence-corrected chi connectivity index (χ4v) is 2.49. The van der Waals surface area contributed by atoms with Crippen molar-refractivity contribution in [3.05, 3.63) is 17.2 Å². The lowest BCUT2D eigenvalue weighted by Gasteiger charge is -2.17. The van der Waals surface area contributed by atoms with E-state index in [4.69, 9.17) is 21.1 Å². The molecule has 0 saturated heterocycles. The van der Waals surface area contributed by atoms with Crippen LogP contribution in [0.1, 0.15) is 20.3 Å². The number of ether oxygens (including phenoxy) is 2. The number of benzene rings is 1. The van der Waals surface area contributed by atoms with E-state index in [0.29, 0.717) is 28.8 Å². The smallest absolute Gasteiger partial charge is 0.313 e. The van der Waals surface area contributed by atoms with E-state index in [1.807, 2.05) is 0 Å². The highest BCUT2D eigenvalue weighted by Gasteiger charge is 2.17. The van der Waals surface area contributed by atoms with E-state index < -0.39 is 11.8 Å². The van der Waals surface area contributed by atoms with Gasteiger partial charge in [-0.25, -0.2) is 0 Å². The summed E-state index contributed by atoms with van der Waals surface area (Å²) in [5.74, 6) is -0.757. The van der Waals surface area contributed by atoms with Crippen molar-refractivity contribution in [2.45, 2.75) is 20.3 Å². The molecule has 0 aliphatic carbocycles. The third-order valence-electron chi connectivity index (χ3n) is 3.76. The van der Waals surface area contributed by atoms with Crippen LogP contribution in [0.25, 0.3) is 0 Å². The summed E-state index contributed by atoms with van der Waals surface area (Å²) in [6.45, 7) is 7.40. The van der Waals surface area contributed by atoms with Gasteiger partial charge in [0.15, 0.2) is 0 Å². The lowest BCUT2D eigenvalue weighted by Crippen LogP contribution is -2.37. The van der Waals surface area contributed by atoms with Crippen molar-refractivity contribution < 1.29 is 19.1 Å². The van der Waals surface area contributed by atoms with E-state index in [0.717, 1.165) is 26.1 Å². The fourth-order valence-electron chi connectivity index (χ4n) is 2.26. The van der Waals surface area contributed by atoms with Gasteiger partial charge in [-0.1, -0.05) is 25.4 Å². The molecule has 0 unspecified atom stereocenters. The first-order valence-electron chi connectivity index (χ1n) is 8.19. The van der Waals surface area contributed by atoms with E-state index in [-0.39, 0.29) is 0 Å². The van der Waals surface area contributed by atoms with Gasteiger partial charge < -0.3 is 25.0 Å². The van der Waals surface area contributed by atoms with Gasteiger partial charge in [-0.15, -0.1) is 0 Å². The highest BCUT2D eigenvalue weighted by molar-refractivity contribution is 6.40. The molecule has 8 heteroatoms. The average molecular weight is 372 g/mol. The van der Waals surface area contributed by atoms with Crippen LogP contribution in [0.15, 0.2) is 12.1 Å². The third kappa shape index (κ3) is 6.43. The molecule has 1 aromatic carbocycles. The maximum absolute atomic E-state index is 12.0. The fraction of sp³-hybridized carbons (Fsp3) is 0.529. The summed E-state index contributed by atoms with van der Waals surface area (Å²) in [5, 5.41) is 5.46. The van der Waals surface area contributed by atoms with Crippen molar-refractivity contribution in [1.29, 1.82) is 0 Å². The Bertz CT molecular complexity index is 592. The maximum atomic E-state index is 12.0. The van der Waals surface area contributed by atoms with Gasteiger partial charge in [0.25, 0.3) is 0 Å². The highest BCUT2D eigenvalue weighted by atomic mass is 35.5. The second-order valence-corrected chi connectivity index (χ2v) is 5.68. The van der Waals surface area contributed by atoms with Crippen LogP contribution in [0.5, 0.6) is 11.5 Å². The Balaban J connectivity index is 2.59. The number of nitrogens with zero attached hydrogens (tertiary/aromatic N) is 1. The highest BCUT2D eigenvalue weighted by Crippen LogP contribution is 2.35. The molecule has 7 nitrogen and oxygen atoms in total. The second kappa shape index (κ2) is 10.8. The first-order valence-corrected chi connectivity index (χ1v) is 8.57. The summed E-state index contributed by atoms with van der Waals surface area (Å²) in [6.07, 6.45) is 0.777. The number of rotatable bonds is 9. The van der Waals surface area contributed by atoms with Crippen molar-refractivity contribution >= 4 is 29.1 Å². The molecule has 2 amide bonds. The molecular formula is C17H26ClN3O4. The summed E-state index contributed by atoms with van der Waals surface area (Å²) in [6, 6.07) is 3.02. The summed E-state index contributed by atoms with van der Waals surface area (Å²) in [7, 11) is 2.91. The molecule has 0 saturated carbocycles. The Hall–Kier alpha value is -1.99. The van der Waals surface area contributed by atoms with Gasteiger partial charge in [-0.2, -0.15) is 0 Å². The van der Waals surface area contributed by atoms with E-state index >= 15 is 0 Å². The number of nitrogens with one attached hydrogen (secondary N) is 2. The van der Waals surface area contributed by atoms with E-state index in [9.17, 15) is 9.59 Å². The minimum Gasteiger partial charge on any atom is -0.495 e. The SMILES string of the molecule is CCN(CC)CCCNC(=O)C(=O)Nc1cc(OC)c(Cl)cc1OC. The first kappa shape index (κ1) is 21.1. The second-order valence-electron chi connectivity index (χ2n) is 5.28. The van der Waals surface area contributed by atoms with Crippen LogP contribution in [0.2, 0.25) is 5.02 Å². The van der Waals surface area contributed by atoms with Gasteiger partial charge in [-0.05, 0) is 26.1 Å². The molecule has 0 aromatic heterocycles. The van der Waals surface area contributed by atoms with Gasteiger partial charge in [0.1, 0.15) is 11.5 Å². The number of carbonyl (C=O) groups excluding carboxylic acids is 2. The summed E-state index contributed by atoms with van der Waals surface area (Å²) >= 11 is 6.01. The van der Waals surface area contributed by atoms with Gasteiger partial charge in [0.05, 0.1) is 24.9 Å². The average Bonchev–Trinajstić information content (AvgIpc) is 2.62. The van der Waals surface area contributed by atoms with Gasteiger partial charge in [0, 0.05) is 18.7 Å². The summed E-state index contributed by atoms with van der Waals surface area (Å²) in [5.41, 5.74) is 0.312. The Morgan fingerprint density at radius 2 is 1.72 bits per heavy atom. The van der Waals surface area contributed by atoms with E-state index in [1.165, 1.54) is 26.4 Å². The molecule has 0 aliphatic heterocycles. The topological polar surface area (TPSA) is 79.9 Å². The lowest BCUT2D eigenvalue weighted by atomic mass is 10.2. The van der Waals surface area contributed by atoms with Crippen molar-refractivity contribution in [3.8, 4) is 11.5 Å². The standard InChI is InChI=1S/C17H26ClN3O4/c1-5-21(6-2)9-7-8-19-16(22)17(23)20-13-11-14(24-3)12(18)10-15(13)25-4/h10-11H,5-9H2,1-4H3,(H,19,22)(H,20,23). The summed E-state index contributed by atoms with van der Waals surface area (Å²) in [4.78, 5) is 26.2. The molecule has 140 valence electrons. The van der Waals surface area contributed by atoms with E-state index in [2.05, 4.69) is 29.4 Å². The molecule has 0 heterocycles. The molecule has 0 atom stereocenters. The maximum Gasteiger partial charge on any atom is 0.313 e. The third-order valence-corrected chi connectivity index (χ3v) is 4.05. The van der Waals surface area contributed by atoms with Gasteiger partial charge in [-0.3, -0.25) is 9.59 Å². The minimum absolute atomic E-state index is 0.312. The zero-order valence-corrected chi connectivity index (χ0v) is 15.9. The number of hydrogen-bond acceptors (Lipinski definition) is 5. The van der Waals surface area contributed by atoms with Crippen molar-refractivity contribution in [1.82, 2.24) is 10.2 Å². The minimum atomic E-state index is -0.773. The number of hydrogen-bond donors (Lipinski definition) is 2. The molecule has 1 rings (SSSR count). The van der Waals surface area contributed by atoms with Crippen LogP contribution < -0.4 is 20.1 Å². The predicted octanol–water partition coefficient (Wildman–Crippen LogP) is 2.14. The molecule has 0 radical (unpaired) electrons. The van der Waals surface area contributed by atoms with E-state index in [1.54, 1.807) is 0 Å². The summed E-state index contributed by atoms with van der Waals surface area (Å²) < 4.78 is 10.3. The molecular weight excluding hydrogens is 346 g/mol. The van der Waals surface area contributed by atoms with Crippen LogP contribution in [-0.2, 0) is 9.59 Å². The lowest BCUT2D eigenvalue weighted by molar-refractivity contribution is -0.136. The monoisotopic (exact) mass is 371 g/mol. The van der Waals surface area contributed by atoms with Crippen molar-refractivity contribution in [2.75, 3.05) is 45.7 Å². The Morgan fingerprint density at radius 1 is 1.08 bits per heavy atom. The number of halogens is 1. The molecule has 25 heavy (non-hydrogen) atoms. The molecule has 0 fully saturated rings. The molecule has 0 spiro atoms. The van der Waals surface area contributed by atoms with Crippen LogP contribution in [0.3, 0.4) is 0 Å². The number of amides is 2. The quantitative estimate of drug-likeness (QED) is 0.513. The normalized spacial score (nSPS) is 10.5. The molecule has 1 aromatic rings. The van der Waals surface area contributed by atoms with Gasteiger partial charge >= 0.3 is 11.8 Å². The Kier molecular flexibility index (Phi) is 9.08. The van der Waals surface area contributed by atoms with Crippen molar-refractivity contribution in [3.63, 3.8) is 0 Å². The number of methoxy groups -OCH3 is 2. The van der Waals surface area contributed by atoms with Gasteiger partial charge in [0.2, 0.25) is 0 Å². The predicted molar refractivity (Wildman–Crippen MR) is 98.6 cm³/mol. The molecule has 2 N–H and O–H groups in total. The largest absolute Gasteiger partial charge is 0.495 e. The van der Waals surface area contributed by atoms with Crippen molar-refractivity contribution in [2.24, 2.45) is 0 Å². The molecule has 0 bridgehead atoms. The Labute approximate surface area is 153 Å².